The summed E-state index contributed by atoms with van der Waals surface area (Å²) in [4.78, 5) is 23.5. The largest absolute Gasteiger partial charge is 0.366 e. The van der Waals surface area contributed by atoms with Crippen LogP contribution < -0.4 is 11.1 Å². The van der Waals surface area contributed by atoms with Crippen LogP contribution in [0.5, 0.6) is 0 Å². The van der Waals surface area contributed by atoms with Gasteiger partial charge >= 0.3 is 0 Å². The number of hydrogen-bond donors (Lipinski definition) is 2. The van der Waals surface area contributed by atoms with Crippen molar-refractivity contribution in [3.05, 3.63) is 71.3 Å². The molecule has 152 valence electrons. The van der Waals surface area contributed by atoms with Crippen LogP contribution in [0.2, 0.25) is 0 Å². The van der Waals surface area contributed by atoms with Gasteiger partial charge in [0.15, 0.2) is 0 Å². The molecule has 0 radical (unpaired) electrons. The van der Waals surface area contributed by atoms with Crippen molar-refractivity contribution in [2.75, 3.05) is 0 Å². The van der Waals surface area contributed by atoms with E-state index < -0.39 is 5.91 Å². The minimum atomic E-state index is -0.417. The molecule has 0 heterocycles. The molecule has 3 N–H and O–H groups in total. The topological polar surface area (TPSA) is 72.2 Å². The minimum absolute atomic E-state index is 0.363. The molecular weight excluding hydrogens is 360 g/mol. The normalized spacial score (nSPS) is 25.2. The second kappa shape index (κ2) is 8.50. The number of nitrogens with two attached hydrogens (primary N) is 1. The van der Waals surface area contributed by atoms with Gasteiger partial charge in [-0.15, -0.1) is 0 Å². The standard InChI is InChI=1S/C25H30N2O2/c26-24(29)21-9-6-18(7-10-21)8-11-23(28)12-20-13-25(14-20)15-22(16-25)27-17-19-4-2-1-3-5-19/h1-7,9-10,20,22,27H,8,11-17H2,(H2,26,29). The van der Waals surface area contributed by atoms with Crippen LogP contribution in [0, 0.1) is 11.3 Å². The van der Waals surface area contributed by atoms with Crippen molar-refractivity contribution < 1.29 is 9.59 Å². The van der Waals surface area contributed by atoms with E-state index >= 15 is 0 Å². The van der Waals surface area contributed by atoms with Crippen LogP contribution in [0.4, 0.5) is 0 Å². The molecule has 0 aliphatic heterocycles. The summed E-state index contributed by atoms with van der Waals surface area (Å²) in [5.74, 6) is 0.525. The monoisotopic (exact) mass is 390 g/mol. The van der Waals surface area contributed by atoms with Crippen molar-refractivity contribution in [2.24, 2.45) is 17.1 Å². The fourth-order valence-electron chi connectivity index (χ4n) is 5.17. The second-order valence-corrected chi connectivity index (χ2v) is 9.05. The van der Waals surface area contributed by atoms with Crippen LogP contribution >= 0.6 is 0 Å². The summed E-state index contributed by atoms with van der Waals surface area (Å²) in [6, 6.07) is 18.4. The molecule has 4 heteroatoms. The first-order chi connectivity index (χ1) is 14.0. The van der Waals surface area contributed by atoms with E-state index in [1.54, 1.807) is 12.1 Å². The summed E-state index contributed by atoms with van der Waals surface area (Å²) in [5, 5.41) is 3.67. The summed E-state index contributed by atoms with van der Waals surface area (Å²) in [6.45, 7) is 0.948. The molecule has 0 aromatic heterocycles. The van der Waals surface area contributed by atoms with Crippen LogP contribution in [0.25, 0.3) is 0 Å². The van der Waals surface area contributed by atoms with Gasteiger partial charge in [-0.05, 0) is 66.7 Å². The smallest absolute Gasteiger partial charge is 0.248 e. The Labute approximate surface area is 172 Å². The number of carbonyl (C=O) groups excluding carboxylic acids is 2. The fourth-order valence-corrected chi connectivity index (χ4v) is 5.17. The summed E-state index contributed by atoms with van der Waals surface area (Å²) < 4.78 is 0. The second-order valence-electron chi connectivity index (χ2n) is 9.05. The van der Waals surface area contributed by atoms with E-state index in [2.05, 4.69) is 35.6 Å². The van der Waals surface area contributed by atoms with Crippen molar-refractivity contribution >= 4 is 11.7 Å². The highest BCUT2D eigenvalue weighted by Gasteiger charge is 2.52. The molecule has 2 aliphatic carbocycles. The van der Waals surface area contributed by atoms with Crippen molar-refractivity contribution in [3.63, 3.8) is 0 Å². The Morgan fingerprint density at radius 1 is 0.931 bits per heavy atom. The van der Waals surface area contributed by atoms with Crippen molar-refractivity contribution in [1.82, 2.24) is 5.32 Å². The Bertz CT molecular complexity index is 846. The third kappa shape index (κ3) is 4.94. The molecule has 1 amide bonds. The summed E-state index contributed by atoms with van der Waals surface area (Å²) >= 11 is 0. The van der Waals surface area contributed by atoms with E-state index in [0.717, 1.165) is 24.9 Å². The van der Waals surface area contributed by atoms with Gasteiger partial charge in [-0.1, -0.05) is 42.5 Å². The SMILES string of the molecule is NC(=O)c1ccc(CCC(=O)CC2CC3(C2)CC(NCc2ccccc2)C3)cc1. The molecule has 0 unspecified atom stereocenters. The zero-order valence-electron chi connectivity index (χ0n) is 16.9. The lowest BCUT2D eigenvalue weighted by Gasteiger charge is -2.58. The summed E-state index contributed by atoms with van der Waals surface area (Å²) in [6.07, 6.45) is 7.00. The summed E-state index contributed by atoms with van der Waals surface area (Å²) in [5.41, 5.74) is 8.71. The molecule has 0 bridgehead atoms. The number of amides is 1. The van der Waals surface area contributed by atoms with Crippen LogP contribution in [0.3, 0.4) is 0 Å². The van der Waals surface area contributed by atoms with Crippen LogP contribution in [0.1, 0.15) is 60.0 Å². The Balaban J connectivity index is 1.11. The first kappa shape index (κ1) is 19.8. The van der Waals surface area contributed by atoms with Gasteiger partial charge in [0.1, 0.15) is 5.78 Å². The van der Waals surface area contributed by atoms with Gasteiger partial charge < -0.3 is 11.1 Å². The van der Waals surface area contributed by atoms with Gasteiger partial charge in [0.2, 0.25) is 5.91 Å². The minimum Gasteiger partial charge on any atom is -0.366 e. The van der Waals surface area contributed by atoms with Gasteiger partial charge in [-0.25, -0.2) is 0 Å². The zero-order chi connectivity index (χ0) is 20.3. The maximum absolute atomic E-state index is 12.3. The number of benzene rings is 2. The quantitative estimate of drug-likeness (QED) is 0.679. The Kier molecular flexibility index (Phi) is 5.81. The predicted molar refractivity (Wildman–Crippen MR) is 114 cm³/mol. The number of Topliss-reactive ketones (excluding diaryl/α,β-unsaturated/α-hetero) is 1. The molecule has 4 rings (SSSR count). The molecule has 29 heavy (non-hydrogen) atoms. The number of primary amides is 1. The van der Waals surface area contributed by atoms with E-state index in [0.29, 0.717) is 35.1 Å². The lowest BCUT2D eigenvalue weighted by Crippen LogP contribution is -2.55. The lowest BCUT2D eigenvalue weighted by molar-refractivity contribution is -0.124. The highest BCUT2D eigenvalue weighted by Crippen LogP contribution is 2.59. The van der Waals surface area contributed by atoms with Gasteiger partial charge in [-0.3, -0.25) is 9.59 Å². The first-order valence-electron chi connectivity index (χ1n) is 10.7. The van der Waals surface area contributed by atoms with Crippen molar-refractivity contribution in [2.45, 2.75) is 57.5 Å². The summed E-state index contributed by atoms with van der Waals surface area (Å²) in [7, 11) is 0. The average Bonchev–Trinajstić information content (AvgIpc) is 2.67. The Morgan fingerprint density at radius 2 is 1.62 bits per heavy atom. The number of aryl methyl sites for hydroxylation is 1. The third-order valence-corrected chi connectivity index (χ3v) is 6.69. The lowest BCUT2D eigenvalue weighted by atomic mass is 9.49. The van der Waals surface area contributed by atoms with Gasteiger partial charge in [0.05, 0.1) is 0 Å². The zero-order valence-corrected chi connectivity index (χ0v) is 16.9. The molecule has 1 spiro atoms. The molecule has 0 saturated heterocycles. The van der Waals surface area contributed by atoms with Crippen LogP contribution in [0.15, 0.2) is 54.6 Å². The highest BCUT2D eigenvalue weighted by molar-refractivity contribution is 5.92. The first-order valence-corrected chi connectivity index (χ1v) is 10.7. The molecule has 2 aromatic carbocycles. The van der Waals surface area contributed by atoms with Crippen molar-refractivity contribution in [1.29, 1.82) is 0 Å². The number of rotatable bonds is 9. The molecule has 4 nitrogen and oxygen atoms in total. The molecule has 2 saturated carbocycles. The van der Waals surface area contributed by atoms with Gasteiger partial charge in [-0.2, -0.15) is 0 Å². The Hall–Kier alpha value is -2.46. The molecule has 0 atom stereocenters. The number of hydrogen-bond acceptors (Lipinski definition) is 3. The Morgan fingerprint density at radius 3 is 2.28 bits per heavy atom. The van der Waals surface area contributed by atoms with E-state index in [-0.39, 0.29) is 0 Å². The van der Waals surface area contributed by atoms with Gasteiger partial charge in [0, 0.05) is 31.0 Å². The average molecular weight is 391 g/mol. The molecule has 2 aliphatic rings. The number of carbonyl (C=O) groups is 2. The van der Waals surface area contributed by atoms with E-state index in [4.69, 9.17) is 5.73 Å². The molecule has 2 aromatic rings. The van der Waals surface area contributed by atoms with Crippen molar-refractivity contribution in [3.8, 4) is 0 Å². The highest BCUT2D eigenvalue weighted by atomic mass is 16.1. The predicted octanol–water partition coefficient (Wildman–Crippen LogP) is 4.03. The fraction of sp³-hybridized carbons (Fsp3) is 0.440. The molecule has 2 fully saturated rings. The number of nitrogens with one attached hydrogen (secondary N) is 1. The van der Waals surface area contributed by atoms with Crippen LogP contribution in [-0.2, 0) is 17.8 Å². The maximum Gasteiger partial charge on any atom is 0.248 e. The maximum atomic E-state index is 12.3. The van der Waals surface area contributed by atoms with E-state index in [1.807, 2.05) is 12.1 Å². The third-order valence-electron chi connectivity index (χ3n) is 6.69. The van der Waals surface area contributed by atoms with Gasteiger partial charge in [0.25, 0.3) is 0 Å². The van der Waals surface area contributed by atoms with Crippen LogP contribution in [-0.4, -0.2) is 17.7 Å². The van der Waals surface area contributed by atoms with E-state index in [9.17, 15) is 9.59 Å². The van der Waals surface area contributed by atoms with E-state index in [1.165, 1.54) is 31.2 Å². The molecular formula is C25H30N2O2. The number of ketones is 1.